The van der Waals surface area contributed by atoms with Gasteiger partial charge in [-0.2, -0.15) is 0 Å². The topological polar surface area (TPSA) is 15.3 Å². The summed E-state index contributed by atoms with van der Waals surface area (Å²) in [7, 11) is 6.09. The second-order valence-electron chi connectivity index (χ2n) is 3.19. The van der Waals surface area contributed by atoms with Crippen molar-refractivity contribution in [3.8, 4) is 0 Å². The van der Waals surface area contributed by atoms with Gasteiger partial charge in [-0.3, -0.25) is 4.72 Å². The van der Waals surface area contributed by atoms with E-state index in [1.165, 1.54) is 10.5 Å². The Morgan fingerprint density at radius 3 is 2.31 bits per heavy atom. The molecule has 0 amide bonds. The number of rotatable bonds is 4. The summed E-state index contributed by atoms with van der Waals surface area (Å²) in [5.41, 5.74) is 1.35. The smallest absolute Gasteiger partial charge is 0.0228 e. The maximum atomic E-state index is 3.05. The quantitative estimate of drug-likeness (QED) is 0.741. The van der Waals surface area contributed by atoms with Crippen molar-refractivity contribution in [3.05, 3.63) is 29.8 Å². The van der Waals surface area contributed by atoms with Crippen LogP contribution in [0.15, 0.2) is 29.2 Å². The molecule has 0 aliphatic rings. The van der Waals surface area contributed by atoms with Crippen LogP contribution in [0.1, 0.15) is 5.56 Å². The van der Waals surface area contributed by atoms with E-state index >= 15 is 0 Å². The van der Waals surface area contributed by atoms with Gasteiger partial charge in [-0.1, -0.05) is 12.1 Å². The highest BCUT2D eigenvalue weighted by atomic mass is 32.2. The van der Waals surface area contributed by atoms with Gasteiger partial charge in [0.15, 0.2) is 0 Å². The SMILES string of the molecule is CNSc1ccc(CN(C)C)cc1. The lowest BCUT2D eigenvalue weighted by molar-refractivity contribution is 0.402. The monoisotopic (exact) mass is 196 g/mol. The van der Waals surface area contributed by atoms with Crippen LogP contribution in [0.25, 0.3) is 0 Å². The molecule has 0 aliphatic heterocycles. The molecular formula is C10H16N2S. The Morgan fingerprint density at radius 1 is 1.23 bits per heavy atom. The van der Waals surface area contributed by atoms with Crippen molar-refractivity contribution in [2.75, 3.05) is 21.1 Å². The third-order valence-electron chi connectivity index (χ3n) is 1.64. The fraction of sp³-hybridized carbons (Fsp3) is 0.400. The maximum absolute atomic E-state index is 3.05. The number of hydrogen-bond acceptors (Lipinski definition) is 3. The molecule has 0 spiro atoms. The lowest BCUT2D eigenvalue weighted by atomic mass is 10.2. The van der Waals surface area contributed by atoms with Crippen LogP contribution in [-0.2, 0) is 6.54 Å². The second kappa shape index (κ2) is 5.27. The Morgan fingerprint density at radius 2 is 1.85 bits per heavy atom. The normalized spacial score (nSPS) is 10.8. The van der Waals surface area contributed by atoms with E-state index in [-0.39, 0.29) is 0 Å². The highest BCUT2D eigenvalue weighted by Gasteiger charge is 1.95. The summed E-state index contributed by atoms with van der Waals surface area (Å²) in [6, 6.07) is 8.61. The standard InChI is InChI=1S/C10H16N2S/c1-11-13-10-6-4-9(5-7-10)8-12(2)3/h4-7,11H,8H2,1-3H3. The van der Waals surface area contributed by atoms with Crippen LogP contribution in [0.2, 0.25) is 0 Å². The van der Waals surface area contributed by atoms with Crippen LogP contribution in [0.3, 0.4) is 0 Å². The van der Waals surface area contributed by atoms with Gasteiger partial charge in [0.1, 0.15) is 0 Å². The van der Waals surface area contributed by atoms with Gasteiger partial charge in [0.25, 0.3) is 0 Å². The first-order valence-corrected chi connectivity index (χ1v) is 5.11. The summed E-state index contributed by atoms with van der Waals surface area (Å²) in [6.07, 6.45) is 0. The first-order valence-electron chi connectivity index (χ1n) is 4.29. The minimum atomic E-state index is 1.00. The average molecular weight is 196 g/mol. The predicted molar refractivity (Wildman–Crippen MR) is 58.7 cm³/mol. The molecule has 0 bridgehead atoms. The minimum absolute atomic E-state index is 1.00. The summed E-state index contributed by atoms with van der Waals surface area (Å²) < 4.78 is 3.05. The van der Waals surface area contributed by atoms with E-state index in [4.69, 9.17) is 0 Å². The Hall–Kier alpha value is -0.510. The van der Waals surface area contributed by atoms with Crippen molar-refractivity contribution < 1.29 is 0 Å². The van der Waals surface area contributed by atoms with Crippen molar-refractivity contribution in [1.82, 2.24) is 9.62 Å². The molecule has 0 saturated heterocycles. The van der Waals surface area contributed by atoms with E-state index in [0.717, 1.165) is 6.54 Å². The van der Waals surface area contributed by atoms with Crippen LogP contribution in [0.5, 0.6) is 0 Å². The molecule has 0 saturated carbocycles. The van der Waals surface area contributed by atoms with Crippen LogP contribution >= 0.6 is 11.9 Å². The molecule has 0 aromatic heterocycles. The van der Waals surface area contributed by atoms with Gasteiger partial charge >= 0.3 is 0 Å². The lowest BCUT2D eigenvalue weighted by Crippen LogP contribution is -2.10. The van der Waals surface area contributed by atoms with E-state index < -0.39 is 0 Å². The first kappa shape index (κ1) is 10.6. The molecule has 3 heteroatoms. The molecule has 0 heterocycles. The van der Waals surface area contributed by atoms with Crippen LogP contribution in [-0.4, -0.2) is 26.0 Å². The van der Waals surface area contributed by atoms with E-state index in [9.17, 15) is 0 Å². The number of nitrogens with zero attached hydrogens (tertiary/aromatic N) is 1. The predicted octanol–water partition coefficient (Wildman–Crippen LogP) is 1.97. The van der Waals surface area contributed by atoms with Crippen molar-refractivity contribution >= 4 is 11.9 Å². The lowest BCUT2D eigenvalue weighted by Gasteiger charge is -2.09. The second-order valence-corrected chi connectivity index (χ2v) is 4.27. The van der Waals surface area contributed by atoms with E-state index in [2.05, 4.69) is 48.0 Å². The van der Waals surface area contributed by atoms with Crippen molar-refractivity contribution in [3.63, 3.8) is 0 Å². The van der Waals surface area contributed by atoms with Crippen molar-refractivity contribution in [2.24, 2.45) is 0 Å². The Balaban J connectivity index is 2.59. The number of hydrogen-bond donors (Lipinski definition) is 1. The van der Waals surface area contributed by atoms with Gasteiger partial charge in [0.2, 0.25) is 0 Å². The molecule has 0 atom stereocenters. The summed E-state index contributed by atoms with van der Waals surface area (Å²) in [6.45, 7) is 1.00. The Kier molecular flexibility index (Phi) is 4.28. The molecule has 1 N–H and O–H groups in total. The van der Waals surface area contributed by atoms with Gasteiger partial charge in [-0.15, -0.1) is 0 Å². The third kappa shape index (κ3) is 3.81. The van der Waals surface area contributed by atoms with E-state index in [0.29, 0.717) is 0 Å². The Bertz CT molecular complexity index is 244. The van der Waals surface area contributed by atoms with Gasteiger partial charge < -0.3 is 4.90 Å². The van der Waals surface area contributed by atoms with Crippen LogP contribution < -0.4 is 4.72 Å². The van der Waals surface area contributed by atoms with E-state index in [1.54, 1.807) is 11.9 Å². The summed E-state index contributed by atoms with van der Waals surface area (Å²) in [5.74, 6) is 0. The van der Waals surface area contributed by atoms with Gasteiger partial charge in [0, 0.05) is 11.4 Å². The highest BCUT2D eigenvalue weighted by Crippen LogP contribution is 2.14. The van der Waals surface area contributed by atoms with Crippen molar-refractivity contribution in [2.45, 2.75) is 11.4 Å². The molecule has 1 aromatic rings. The van der Waals surface area contributed by atoms with Gasteiger partial charge in [-0.05, 0) is 50.8 Å². The molecule has 0 aliphatic carbocycles. The zero-order valence-corrected chi connectivity index (χ0v) is 9.19. The summed E-state index contributed by atoms with van der Waals surface area (Å²) in [4.78, 5) is 3.42. The Labute approximate surface area is 84.5 Å². The molecule has 72 valence electrons. The minimum Gasteiger partial charge on any atom is -0.305 e. The summed E-state index contributed by atoms with van der Waals surface area (Å²) >= 11 is 1.64. The fourth-order valence-corrected chi connectivity index (χ4v) is 1.65. The molecule has 0 radical (unpaired) electrons. The largest absolute Gasteiger partial charge is 0.305 e. The number of nitrogens with one attached hydrogen (secondary N) is 1. The van der Waals surface area contributed by atoms with Crippen LogP contribution in [0.4, 0.5) is 0 Å². The summed E-state index contributed by atoms with van der Waals surface area (Å²) in [5, 5.41) is 0. The van der Waals surface area contributed by atoms with Gasteiger partial charge in [-0.25, -0.2) is 0 Å². The highest BCUT2D eigenvalue weighted by molar-refractivity contribution is 7.97. The average Bonchev–Trinajstić information content (AvgIpc) is 2.08. The van der Waals surface area contributed by atoms with Crippen molar-refractivity contribution in [1.29, 1.82) is 0 Å². The molecule has 1 aromatic carbocycles. The first-order chi connectivity index (χ1) is 6.22. The zero-order chi connectivity index (χ0) is 9.68. The third-order valence-corrected chi connectivity index (χ3v) is 2.35. The molecule has 0 fully saturated rings. The maximum Gasteiger partial charge on any atom is 0.0228 e. The molecular weight excluding hydrogens is 180 g/mol. The number of benzene rings is 1. The van der Waals surface area contributed by atoms with Gasteiger partial charge in [0.05, 0.1) is 0 Å². The molecule has 2 nitrogen and oxygen atoms in total. The van der Waals surface area contributed by atoms with E-state index in [1.807, 2.05) is 7.05 Å². The van der Waals surface area contributed by atoms with Crippen LogP contribution in [0, 0.1) is 0 Å². The molecule has 0 unspecified atom stereocenters. The zero-order valence-electron chi connectivity index (χ0n) is 8.37. The molecule has 1 rings (SSSR count). The molecule has 13 heavy (non-hydrogen) atoms. The fourth-order valence-electron chi connectivity index (χ4n) is 1.15.